The van der Waals surface area contributed by atoms with Crippen LogP contribution in [0.3, 0.4) is 0 Å². The Morgan fingerprint density at radius 3 is 2.43 bits per heavy atom. The summed E-state index contributed by atoms with van der Waals surface area (Å²) in [5, 5.41) is 3.62. The Morgan fingerprint density at radius 2 is 1.81 bits per heavy atom. The predicted octanol–water partition coefficient (Wildman–Crippen LogP) is 3.26. The first kappa shape index (κ1) is 16.5. The van der Waals surface area contributed by atoms with Crippen molar-refractivity contribution >= 4 is 0 Å². The van der Waals surface area contributed by atoms with Crippen LogP contribution in [-0.2, 0) is 11.3 Å². The van der Waals surface area contributed by atoms with Crippen molar-refractivity contribution in [2.45, 2.75) is 45.8 Å². The Hall–Kier alpha value is -0.900. The summed E-state index contributed by atoms with van der Waals surface area (Å²) in [5.74, 6) is 0.814. The molecule has 0 aromatic heterocycles. The fourth-order valence-electron chi connectivity index (χ4n) is 2.64. The molecular weight excluding hydrogens is 260 g/mol. The SMILES string of the molecule is CC(C)(C)NCC1CCN(COCc2ccccc2)CC1. The van der Waals surface area contributed by atoms with Crippen molar-refractivity contribution < 1.29 is 4.74 Å². The van der Waals surface area contributed by atoms with Crippen molar-refractivity contribution in [2.75, 3.05) is 26.4 Å². The van der Waals surface area contributed by atoms with E-state index >= 15 is 0 Å². The molecule has 1 aromatic carbocycles. The van der Waals surface area contributed by atoms with E-state index in [0.717, 1.165) is 32.3 Å². The fraction of sp³-hybridized carbons (Fsp3) is 0.667. The summed E-state index contributed by atoms with van der Waals surface area (Å²) in [6.07, 6.45) is 2.55. The van der Waals surface area contributed by atoms with Gasteiger partial charge in [-0.3, -0.25) is 4.90 Å². The summed E-state index contributed by atoms with van der Waals surface area (Å²) in [5.41, 5.74) is 1.48. The summed E-state index contributed by atoms with van der Waals surface area (Å²) in [6, 6.07) is 10.4. The molecule has 0 radical (unpaired) electrons. The second-order valence-electron chi connectivity index (χ2n) is 7.16. The van der Waals surface area contributed by atoms with Gasteiger partial charge in [0.1, 0.15) is 0 Å². The predicted molar refractivity (Wildman–Crippen MR) is 88.2 cm³/mol. The maximum atomic E-state index is 5.82. The summed E-state index contributed by atoms with van der Waals surface area (Å²) in [4.78, 5) is 2.43. The van der Waals surface area contributed by atoms with Crippen LogP contribution in [0.5, 0.6) is 0 Å². The molecule has 1 aliphatic heterocycles. The molecule has 0 spiro atoms. The molecule has 1 heterocycles. The smallest absolute Gasteiger partial charge is 0.0994 e. The number of nitrogens with one attached hydrogen (secondary N) is 1. The summed E-state index contributed by atoms with van der Waals surface area (Å²) < 4.78 is 5.82. The van der Waals surface area contributed by atoms with Gasteiger partial charge in [-0.1, -0.05) is 30.3 Å². The zero-order chi connectivity index (χ0) is 15.1. The van der Waals surface area contributed by atoms with Crippen LogP contribution in [0.15, 0.2) is 30.3 Å². The largest absolute Gasteiger partial charge is 0.361 e. The Balaban J connectivity index is 1.59. The zero-order valence-corrected chi connectivity index (χ0v) is 13.8. The highest BCUT2D eigenvalue weighted by Crippen LogP contribution is 2.17. The zero-order valence-electron chi connectivity index (χ0n) is 13.8. The molecule has 118 valence electrons. The molecule has 0 amide bonds. The Bertz CT molecular complexity index is 391. The molecule has 0 saturated carbocycles. The average molecular weight is 290 g/mol. The number of nitrogens with zero attached hydrogens (tertiary/aromatic N) is 1. The first-order valence-electron chi connectivity index (χ1n) is 8.12. The molecule has 1 aromatic rings. The minimum absolute atomic E-state index is 0.232. The third-order valence-corrected chi connectivity index (χ3v) is 4.01. The molecule has 1 N–H and O–H groups in total. The van der Waals surface area contributed by atoms with E-state index in [1.165, 1.54) is 18.4 Å². The number of ether oxygens (including phenoxy) is 1. The molecular formula is C18H30N2O. The van der Waals surface area contributed by atoms with Gasteiger partial charge in [0.25, 0.3) is 0 Å². The second-order valence-corrected chi connectivity index (χ2v) is 7.16. The van der Waals surface area contributed by atoms with Crippen LogP contribution in [0.1, 0.15) is 39.2 Å². The van der Waals surface area contributed by atoms with Gasteiger partial charge < -0.3 is 10.1 Å². The van der Waals surface area contributed by atoms with Gasteiger partial charge in [0.2, 0.25) is 0 Å². The van der Waals surface area contributed by atoms with Crippen molar-refractivity contribution in [3.8, 4) is 0 Å². The van der Waals surface area contributed by atoms with E-state index in [1.54, 1.807) is 0 Å². The molecule has 3 heteroatoms. The summed E-state index contributed by atoms with van der Waals surface area (Å²) in [7, 11) is 0. The number of hydrogen-bond donors (Lipinski definition) is 1. The van der Waals surface area contributed by atoms with Gasteiger partial charge in [0, 0.05) is 18.6 Å². The lowest BCUT2D eigenvalue weighted by Crippen LogP contribution is -2.43. The molecule has 1 fully saturated rings. The fourth-order valence-corrected chi connectivity index (χ4v) is 2.64. The average Bonchev–Trinajstić information content (AvgIpc) is 2.47. The van der Waals surface area contributed by atoms with Gasteiger partial charge in [-0.15, -0.1) is 0 Å². The minimum Gasteiger partial charge on any atom is -0.361 e. The van der Waals surface area contributed by atoms with Crippen LogP contribution in [0.4, 0.5) is 0 Å². The summed E-state index contributed by atoms with van der Waals surface area (Å²) >= 11 is 0. The van der Waals surface area contributed by atoms with Crippen molar-refractivity contribution in [2.24, 2.45) is 5.92 Å². The van der Waals surface area contributed by atoms with Crippen molar-refractivity contribution in [1.82, 2.24) is 10.2 Å². The van der Waals surface area contributed by atoms with E-state index in [1.807, 2.05) is 6.07 Å². The van der Waals surface area contributed by atoms with Crippen LogP contribution in [0.2, 0.25) is 0 Å². The van der Waals surface area contributed by atoms with E-state index in [9.17, 15) is 0 Å². The number of hydrogen-bond acceptors (Lipinski definition) is 3. The highest BCUT2D eigenvalue weighted by atomic mass is 16.5. The van der Waals surface area contributed by atoms with Crippen LogP contribution < -0.4 is 5.32 Å². The lowest BCUT2D eigenvalue weighted by atomic mass is 9.96. The van der Waals surface area contributed by atoms with Crippen LogP contribution in [0, 0.1) is 5.92 Å². The molecule has 2 rings (SSSR count). The van der Waals surface area contributed by atoms with Gasteiger partial charge in [-0.25, -0.2) is 0 Å². The quantitative estimate of drug-likeness (QED) is 0.870. The highest BCUT2D eigenvalue weighted by Gasteiger charge is 2.20. The lowest BCUT2D eigenvalue weighted by molar-refractivity contribution is 0.00186. The topological polar surface area (TPSA) is 24.5 Å². The second kappa shape index (κ2) is 7.92. The maximum absolute atomic E-state index is 5.82. The van der Waals surface area contributed by atoms with E-state index in [0.29, 0.717) is 6.61 Å². The van der Waals surface area contributed by atoms with Crippen LogP contribution in [-0.4, -0.2) is 36.8 Å². The maximum Gasteiger partial charge on any atom is 0.0994 e. The van der Waals surface area contributed by atoms with Gasteiger partial charge in [0.15, 0.2) is 0 Å². The molecule has 0 aliphatic carbocycles. The Labute approximate surface area is 129 Å². The monoisotopic (exact) mass is 290 g/mol. The third-order valence-electron chi connectivity index (χ3n) is 4.01. The Kier molecular flexibility index (Phi) is 6.22. The number of likely N-dealkylation sites (tertiary alicyclic amines) is 1. The highest BCUT2D eigenvalue weighted by molar-refractivity contribution is 5.13. The molecule has 0 atom stereocenters. The number of benzene rings is 1. The van der Waals surface area contributed by atoms with E-state index in [2.05, 4.69) is 55.3 Å². The third kappa shape index (κ3) is 6.60. The molecule has 0 unspecified atom stereocenters. The number of piperidine rings is 1. The van der Waals surface area contributed by atoms with E-state index in [-0.39, 0.29) is 5.54 Å². The molecule has 1 aliphatic rings. The van der Waals surface area contributed by atoms with Gasteiger partial charge >= 0.3 is 0 Å². The summed E-state index contributed by atoms with van der Waals surface area (Å²) in [6.45, 7) is 11.6. The first-order valence-corrected chi connectivity index (χ1v) is 8.12. The normalized spacial score (nSPS) is 18.0. The van der Waals surface area contributed by atoms with Gasteiger partial charge in [0.05, 0.1) is 13.3 Å². The molecule has 1 saturated heterocycles. The van der Waals surface area contributed by atoms with Crippen molar-refractivity contribution in [3.05, 3.63) is 35.9 Å². The number of rotatable bonds is 6. The van der Waals surface area contributed by atoms with Crippen molar-refractivity contribution in [3.63, 3.8) is 0 Å². The molecule has 3 nitrogen and oxygen atoms in total. The van der Waals surface area contributed by atoms with Gasteiger partial charge in [-0.2, -0.15) is 0 Å². The van der Waals surface area contributed by atoms with Crippen molar-refractivity contribution in [1.29, 1.82) is 0 Å². The van der Waals surface area contributed by atoms with Gasteiger partial charge in [-0.05, 0) is 51.6 Å². The van der Waals surface area contributed by atoms with Crippen LogP contribution in [0.25, 0.3) is 0 Å². The minimum atomic E-state index is 0.232. The Morgan fingerprint density at radius 1 is 1.14 bits per heavy atom. The van der Waals surface area contributed by atoms with Crippen LogP contribution >= 0.6 is 0 Å². The standard InChI is InChI=1S/C18H30N2O/c1-18(2,3)19-13-16-9-11-20(12-10-16)15-21-14-17-7-5-4-6-8-17/h4-8,16,19H,9-15H2,1-3H3. The van der Waals surface area contributed by atoms with E-state index < -0.39 is 0 Å². The lowest BCUT2D eigenvalue weighted by Gasteiger charge is -2.33. The molecule has 0 bridgehead atoms. The van der Waals surface area contributed by atoms with E-state index in [4.69, 9.17) is 4.74 Å². The first-order chi connectivity index (χ1) is 10.0. The molecule has 21 heavy (non-hydrogen) atoms.